The number of aromatic nitrogens is 2. The summed E-state index contributed by atoms with van der Waals surface area (Å²) in [5, 5.41) is 20.4. The molecule has 0 aliphatic carbocycles. The van der Waals surface area contributed by atoms with E-state index in [-0.39, 0.29) is 16.5 Å². The molecule has 2 heterocycles. The van der Waals surface area contributed by atoms with E-state index >= 15 is 0 Å². The number of thioether (sulfide) groups is 1. The number of methoxy groups -OCH3 is 2. The minimum atomic E-state index is -1.01. The third-order valence-electron chi connectivity index (χ3n) is 7.36. The molecule has 0 saturated carbocycles. The van der Waals surface area contributed by atoms with Gasteiger partial charge in [-0.25, -0.2) is 0 Å². The molecule has 0 bridgehead atoms. The lowest BCUT2D eigenvalue weighted by atomic mass is 9.95. The Morgan fingerprint density at radius 2 is 1.54 bits per heavy atom. The first-order valence-corrected chi connectivity index (χ1v) is 16.1. The van der Waals surface area contributed by atoms with E-state index in [1.54, 1.807) is 42.5 Å². The summed E-state index contributed by atoms with van der Waals surface area (Å²) in [5.74, 6) is 0.155. The lowest BCUT2D eigenvalue weighted by Gasteiger charge is -2.23. The molecule has 1 fully saturated rings. The van der Waals surface area contributed by atoms with Crippen molar-refractivity contribution in [2.75, 3.05) is 19.1 Å². The van der Waals surface area contributed by atoms with Gasteiger partial charge in [0.25, 0.3) is 5.78 Å². The van der Waals surface area contributed by atoms with Gasteiger partial charge in [0.05, 0.1) is 25.8 Å². The summed E-state index contributed by atoms with van der Waals surface area (Å²) in [6.07, 6.45) is 0. The number of nitrogens with zero attached hydrogens (tertiary/aromatic N) is 3. The Morgan fingerprint density at radius 3 is 2.22 bits per heavy atom. The molecule has 1 atom stereocenters. The van der Waals surface area contributed by atoms with Crippen molar-refractivity contribution in [2.24, 2.45) is 0 Å². The topological polar surface area (TPSA) is 111 Å². The van der Waals surface area contributed by atoms with Crippen LogP contribution in [0.25, 0.3) is 5.76 Å². The fraction of sp³-hybridized carbons (Fsp3) is 0.143. The molecule has 1 aromatic heterocycles. The maximum atomic E-state index is 13.7. The number of hydrogen-bond donors (Lipinski definition) is 1. The molecule has 1 amide bonds. The maximum Gasteiger partial charge on any atom is 0.301 e. The van der Waals surface area contributed by atoms with E-state index in [0.717, 1.165) is 11.1 Å². The first kappa shape index (κ1) is 30.9. The van der Waals surface area contributed by atoms with Crippen LogP contribution in [0, 0.1) is 0 Å². The van der Waals surface area contributed by atoms with Crippen molar-refractivity contribution in [1.29, 1.82) is 0 Å². The van der Waals surface area contributed by atoms with Gasteiger partial charge >= 0.3 is 5.91 Å². The molecule has 4 aromatic carbocycles. The number of Topliss-reactive ketones (excluding diaryl/α,β-unsaturated/α-hetero) is 1. The molecule has 5 aromatic rings. The zero-order valence-corrected chi connectivity index (χ0v) is 26.6. The highest BCUT2D eigenvalue weighted by Gasteiger charge is 2.48. The van der Waals surface area contributed by atoms with Gasteiger partial charge < -0.3 is 19.3 Å². The summed E-state index contributed by atoms with van der Waals surface area (Å²) in [6.45, 7) is 0.320. The Balaban J connectivity index is 1.39. The van der Waals surface area contributed by atoms with Crippen LogP contribution < -0.4 is 19.1 Å². The number of aliphatic hydroxyl groups is 1. The van der Waals surface area contributed by atoms with E-state index in [4.69, 9.17) is 14.2 Å². The van der Waals surface area contributed by atoms with E-state index in [2.05, 4.69) is 10.2 Å². The summed E-state index contributed by atoms with van der Waals surface area (Å²) in [7, 11) is 3.05. The fourth-order valence-electron chi connectivity index (χ4n) is 5.04. The van der Waals surface area contributed by atoms with Crippen molar-refractivity contribution < 1.29 is 28.9 Å². The third kappa shape index (κ3) is 6.46. The predicted octanol–water partition coefficient (Wildman–Crippen LogP) is 7.05. The number of ether oxygens (including phenoxy) is 3. The molecule has 6 rings (SSSR count). The SMILES string of the molecule is COc1ccc(/C(O)=C2/C(=O)C(=O)N(c3nnc(SCc4ccccc4)s3)C2c2ccc(OCc3ccccc3)c(OC)c2)cc1. The van der Waals surface area contributed by atoms with Crippen LogP contribution in [0.5, 0.6) is 17.2 Å². The predicted molar refractivity (Wildman–Crippen MR) is 177 cm³/mol. The monoisotopic (exact) mass is 651 g/mol. The van der Waals surface area contributed by atoms with Crippen LogP contribution in [0.1, 0.15) is 28.3 Å². The second kappa shape index (κ2) is 13.9. The van der Waals surface area contributed by atoms with Crippen LogP contribution in [-0.4, -0.2) is 41.2 Å². The maximum absolute atomic E-state index is 13.7. The zero-order chi connectivity index (χ0) is 32.0. The van der Waals surface area contributed by atoms with Crippen molar-refractivity contribution in [3.05, 3.63) is 131 Å². The van der Waals surface area contributed by atoms with Crippen molar-refractivity contribution in [2.45, 2.75) is 22.7 Å². The molecule has 232 valence electrons. The van der Waals surface area contributed by atoms with E-state index < -0.39 is 17.7 Å². The molecule has 1 aliphatic rings. The standard InChI is InChI=1S/C35H29N3O6S2/c1-42-26-16-13-24(14-17-26)31(39)29-30(25-15-18-27(28(19-25)43-2)44-20-22-9-5-3-6-10-22)38(33(41)32(29)40)34-36-37-35(46-34)45-21-23-11-7-4-8-12-23/h3-19,30,39H,20-21H2,1-2H3/b31-29-. The van der Waals surface area contributed by atoms with Gasteiger partial charge in [-0.1, -0.05) is 89.8 Å². The second-order valence-corrected chi connectivity index (χ2v) is 12.4. The van der Waals surface area contributed by atoms with Crippen LogP contribution in [0.4, 0.5) is 5.13 Å². The van der Waals surface area contributed by atoms with Crippen molar-refractivity contribution in [3.8, 4) is 17.2 Å². The van der Waals surface area contributed by atoms with Crippen LogP contribution in [-0.2, 0) is 21.9 Å². The highest BCUT2D eigenvalue weighted by Crippen LogP contribution is 2.45. The van der Waals surface area contributed by atoms with E-state index in [0.29, 0.717) is 45.1 Å². The van der Waals surface area contributed by atoms with Gasteiger partial charge in [0.1, 0.15) is 18.1 Å². The first-order chi connectivity index (χ1) is 22.5. The van der Waals surface area contributed by atoms with Gasteiger partial charge in [-0.05, 0) is 53.1 Å². The number of aliphatic hydroxyl groups excluding tert-OH is 1. The molecule has 1 saturated heterocycles. The molecular formula is C35H29N3O6S2. The van der Waals surface area contributed by atoms with Crippen molar-refractivity contribution >= 4 is 45.7 Å². The number of hydrogen-bond acceptors (Lipinski definition) is 10. The van der Waals surface area contributed by atoms with E-state index in [1.165, 1.54) is 42.2 Å². The Bertz CT molecular complexity index is 1880. The zero-order valence-electron chi connectivity index (χ0n) is 25.0. The third-order valence-corrected chi connectivity index (χ3v) is 9.48. The number of carbonyl (C=O) groups excluding carboxylic acids is 2. The number of benzene rings is 4. The van der Waals surface area contributed by atoms with Crippen LogP contribution in [0.15, 0.2) is 113 Å². The molecule has 9 nitrogen and oxygen atoms in total. The summed E-state index contributed by atoms with van der Waals surface area (Å²) in [4.78, 5) is 28.7. The summed E-state index contributed by atoms with van der Waals surface area (Å²) in [6, 6.07) is 30.4. The average molecular weight is 652 g/mol. The Kier molecular flexibility index (Phi) is 9.32. The quantitative estimate of drug-likeness (QED) is 0.0528. The van der Waals surface area contributed by atoms with Crippen molar-refractivity contribution in [3.63, 3.8) is 0 Å². The van der Waals surface area contributed by atoms with Crippen LogP contribution in [0.3, 0.4) is 0 Å². The number of carbonyl (C=O) groups is 2. The van der Waals surface area contributed by atoms with Crippen LogP contribution in [0.2, 0.25) is 0 Å². The molecule has 0 spiro atoms. The van der Waals surface area contributed by atoms with E-state index in [1.807, 2.05) is 60.7 Å². The second-order valence-electron chi connectivity index (χ2n) is 10.2. The summed E-state index contributed by atoms with van der Waals surface area (Å²) in [5.41, 5.74) is 2.90. The van der Waals surface area contributed by atoms with E-state index in [9.17, 15) is 14.7 Å². The first-order valence-electron chi connectivity index (χ1n) is 14.3. The number of anilines is 1. The summed E-state index contributed by atoms with van der Waals surface area (Å²) < 4.78 is 17.6. The average Bonchev–Trinajstić information content (AvgIpc) is 3.68. The molecule has 11 heteroatoms. The lowest BCUT2D eigenvalue weighted by molar-refractivity contribution is -0.132. The molecule has 0 radical (unpaired) electrons. The smallest absolute Gasteiger partial charge is 0.301 e. The summed E-state index contributed by atoms with van der Waals surface area (Å²) >= 11 is 2.69. The highest BCUT2D eigenvalue weighted by atomic mass is 32.2. The number of ketones is 1. The molecule has 46 heavy (non-hydrogen) atoms. The number of amides is 1. The minimum Gasteiger partial charge on any atom is -0.507 e. The van der Waals surface area contributed by atoms with Gasteiger partial charge in [-0.2, -0.15) is 0 Å². The van der Waals surface area contributed by atoms with Crippen LogP contribution >= 0.6 is 23.1 Å². The molecule has 1 aliphatic heterocycles. The normalized spacial score (nSPS) is 15.6. The van der Waals surface area contributed by atoms with Gasteiger partial charge in [0.15, 0.2) is 15.8 Å². The Hall–Kier alpha value is -5.13. The van der Waals surface area contributed by atoms with Gasteiger partial charge in [0, 0.05) is 11.3 Å². The lowest BCUT2D eigenvalue weighted by Crippen LogP contribution is -2.29. The molecule has 1 N–H and O–H groups in total. The van der Waals surface area contributed by atoms with Gasteiger partial charge in [-0.3, -0.25) is 14.5 Å². The van der Waals surface area contributed by atoms with Crippen molar-refractivity contribution in [1.82, 2.24) is 10.2 Å². The highest BCUT2D eigenvalue weighted by molar-refractivity contribution is 8.00. The minimum absolute atomic E-state index is 0.0798. The van der Waals surface area contributed by atoms with Gasteiger partial charge in [0.2, 0.25) is 5.13 Å². The number of rotatable bonds is 11. The Labute approximate surface area is 274 Å². The Morgan fingerprint density at radius 1 is 0.848 bits per heavy atom. The molecule has 1 unspecified atom stereocenters. The largest absolute Gasteiger partial charge is 0.507 e. The van der Waals surface area contributed by atoms with Gasteiger partial charge in [-0.15, -0.1) is 10.2 Å². The fourth-order valence-corrected chi connectivity index (χ4v) is 6.86. The molecular weight excluding hydrogens is 623 g/mol.